The highest BCUT2D eigenvalue weighted by Gasteiger charge is 2.27. The van der Waals surface area contributed by atoms with E-state index in [4.69, 9.17) is 18.3 Å². The number of amides is 1. The van der Waals surface area contributed by atoms with Crippen molar-refractivity contribution in [2.45, 2.75) is 13.0 Å². The molecule has 0 N–H and O–H groups in total. The highest BCUT2D eigenvalue weighted by molar-refractivity contribution is 5.83. The van der Waals surface area contributed by atoms with Gasteiger partial charge in [-0.25, -0.2) is 0 Å². The molecule has 3 heterocycles. The van der Waals surface area contributed by atoms with E-state index in [1.165, 1.54) is 6.26 Å². The molecule has 7 heteroatoms. The molecule has 1 amide bonds. The van der Waals surface area contributed by atoms with Crippen molar-refractivity contribution < 1.29 is 23.1 Å². The smallest absolute Gasteiger partial charge is 0.263 e. The molecule has 0 radical (unpaired) electrons. The molecule has 1 aliphatic rings. The average Bonchev–Trinajstić information content (AvgIpc) is 3.24. The molecule has 0 bridgehead atoms. The lowest BCUT2D eigenvalue weighted by Crippen LogP contribution is -2.46. The molecule has 0 spiro atoms. The molecule has 3 aromatic rings. The van der Waals surface area contributed by atoms with E-state index in [2.05, 4.69) is 0 Å². The summed E-state index contributed by atoms with van der Waals surface area (Å²) in [7, 11) is 0. The standard InChI is InChI=1S/C20H19NO6/c1-13(20(23)21-8-11-24-12-9-21)26-19-17(22)14-5-2-3-6-15(14)27-18(19)16-7-4-10-25-16/h2-7,10,13H,8-9,11-12H2,1H3/t13-/m0/s1. The van der Waals surface area contributed by atoms with Gasteiger partial charge in [0.05, 0.1) is 24.9 Å². The van der Waals surface area contributed by atoms with Crippen LogP contribution >= 0.6 is 0 Å². The summed E-state index contributed by atoms with van der Waals surface area (Å²) in [6, 6.07) is 10.3. The van der Waals surface area contributed by atoms with Gasteiger partial charge in [-0.15, -0.1) is 0 Å². The van der Waals surface area contributed by atoms with Crippen molar-refractivity contribution in [3.8, 4) is 17.3 Å². The number of para-hydroxylation sites is 1. The highest BCUT2D eigenvalue weighted by Crippen LogP contribution is 2.31. The van der Waals surface area contributed by atoms with E-state index in [-0.39, 0.29) is 22.8 Å². The number of morpholine rings is 1. The summed E-state index contributed by atoms with van der Waals surface area (Å²) in [6.07, 6.45) is 0.636. The Morgan fingerprint density at radius 2 is 1.93 bits per heavy atom. The molecular formula is C20H19NO6. The number of benzene rings is 1. The number of nitrogens with zero attached hydrogens (tertiary/aromatic N) is 1. The SMILES string of the molecule is C[C@H](Oc1c(-c2ccco2)oc2ccccc2c1=O)C(=O)N1CCOCC1. The number of carbonyl (C=O) groups excluding carboxylic acids is 1. The molecule has 27 heavy (non-hydrogen) atoms. The normalized spacial score (nSPS) is 15.7. The third-order valence-electron chi connectivity index (χ3n) is 4.47. The Labute approximate surface area is 155 Å². The van der Waals surface area contributed by atoms with Crippen molar-refractivity contribution in [3.63, 3.8) is 0 Å². The Balaban J connectivity index is 1.73. The first-order valence-electron chi connectivity index (χ1n) is 8.78. The molecule has 7 nitrogen and oxygen atoms in total. The number of furan rings is 1. The maximum absolute atomic E-state index is 13.0. The zero-order valence-corrected chi connectivity index (χ0v) is 14.8. The fourth-order valence-corrected chi connectivity index (χ4v) is 3.07. The molecule has 1 saturated heterocycles. The molecule has 0 unspecified atom stereocenters. The second kappa shape index (κ2) is 7.28. The summed E-state index contributed by atoms with van der Waals surface area (Å²) in [5, 5.41) is 0.383. The zero-order valence-electron chi connectivity index (χ0n) is 14.8. The van der Waals surface area contributed by atoms with Crippen molar-refractivity contribution in [2.75, 3.05) is 26.3 Å². The Hall–Kier alpha value is -3.06. The molecule has 0 aliphatic carbocycles. The predicted octanol–water partition coefficient (Wildman–Crippen LogP) is 2.68. The van der Waals surface area contributed by atoms with Crippen molar-refractivity contribution >= 4 is 16.9 Å². The number of hydrogen-bond acceptors (Lipinski definition) is 6. The number of ether oxygens (including phenoxy) is 2. The summed E-state index contributed by atoms with van der Waals surface area (Å²) >= 11 is 0. The minimum Gasteiger partial charge on any atom is -0.473 e. The molecule has 1 fully saturated rings. The second-order valence-electron chi connectivity index (χ2n) is 6.26. The first-order valence-corrected chi connectivity index (χ1v) is 8.78. The van der Waals surface area contributed by atoms with E-state index in [9.17, 15) is 9.59 Å². The Kier molecular flexibility index (Phi) is 4.68. The van der Waals surface area contributed by atoms with E-state index in [1.807, 2.05) is 0 Å². The molecule has 1 aromatic carbocycles. The van der Waals surface area contributed by atoms with Gasteiger partial charge < -0.3 is 23.2 Å². The third-order valence-corrected chi connectivity index (χ3v) is 4.47. The average molecular weight is 369 g/mol. The number of fused-ring (bicyclic) bond motifs is 1. The molecular weight excluding hydrogens is 350 g/mol. The van der Waals surface area contributed by atoms with Gasteiger partial charge in [-0.05, 0) is 31.2 Å². The highest BCUT2D eigenvalue weighted by atomic mass is 16.5. The molecule has 4 rings (SSSR count). The van der Waals surface area contributed by atoms with Crippen LogP contribution in [0.1, 0.15) is 6.92 Å². The molecule has 1 aliphatic heterocycles. The lowest BCUT2D eigenvalue weighted by atomic mass is 10.2. The van der Waals surface area contributed by atoms with Gasteiger partial charge in [-0.1, -0.05) is 12.1 Å². The fraction of sp³-hybridized carbons (Fsp3) is 0.300. The van der Waals surface area contributed by atoms with Crippen LogP contribution in [-0.4, -0.2) is 43.2 Å². The first-order chi connectivity index (χ1) is 13.1. The van der Waals surface area contributed by atoms with E-state index in [1.54, 1.807) is 48.2 Å². The minimum atomic E-state index is -0.846. The van der Waals surface area contributed by atoms with Crippen LogP contribution in [0.15, 0.2) is 56.3 Å². The summed E-state index contributed by atoms with van der Waals surface area (Å²) in [5.74, 6) is 0.304. The van der Waals surface area contributed by atoms with Crippen LogP contribution in [0, 0.1) is 0 Å². The van der Waals surface area contributed by atoms with Gasteiger partial charge in [-0.2, -0.15) is 0 Å². The second-order valence-corrected chi connectivity index (χ2v) is 6.26. The number of hydrogen-bond donors (Lipinski definition) is 0. The largest absolute Gasteiger partial charge is 0.473 e. The van der Waals surface area contributed by atoms with Crippen LogP contribution in [0.3, 0.4) is 0 Å². The molecule has 1 atom stereocenters. The quantitative estimate of drug-likeness (QED) is 0.703. The van der Waals surface area contributed by atoms with Gasteiger partial charge in [0.2, 0.25) is 16.9 Å². The first kappa shape index (κ1) is 17.4. The van der Waals surface area contributed by atoms with E-state index in [0.717, 1.165) is 0 Å². The van der Waals surface area contributed by atoms with Crippen molar-refractivity contribution in [1.82, 2.24) is 4.90 Å². The van der Waals surface area contributed by atoms with Gasteiger partial charge in [0.25, 0.3) is 5.91 Å². The third kappa shape index (κ3) is 3.33. The fourth-order valence-electron chi connectivity index (χ4n) is 3.07. The van der Waals surface area contributed by atoms with Gasteiger partial charge in [0.1, 0.15) is 5.58 Å². The van der Waals surface area contributed by atoms with Gasteiger partial charge in [0, 0.05) is 13.1 Å². The summed E-state index contributed by atoms with van der Waals surface area (Å²) in [4.78, 5) is 27.3. The van der Waals surface area contributed by atoms with Crippen molar-refractivity contribution in [2.24, 2.45) is 0 Å². The van der Waals surface area contributed by atoms with E-state index >= 15 is 0 Å². The van der Waals surface area contributed by atoms with Crippen molar-refractivity contribution in [1.29, 1.82) is 0 Å². The topological polar surface area (TPSA) is 82.1 Å². The summed E-state index contributed by atoms with van der Waals surface area (Å²) in [5.41, 5.74) is 0.0817. The van der Waals surface area contributed by atoms with Crippen LogP contribution < -0.4 is 10.2 Å². The lowest BCUT2D eigenvalue weighted by Gasteiger charge is -2.29. The van der Waals surface area contributed by atoms with Gasteiger partial charge >= 0.3 is 0 Å². The Bertz CT molecular complexity index is 1000. The maximum Gasteiger partial charge on any atom is 0.263 e. The van der Waals surface area contributed by atoms with Crippen LogP contribution in [0.5, 0.6) is 5.75 Å². The van der Waals surface area contributed by atoms with Gasteiger partial charge in [0.15, 0.2) is 11.9 Å². The van der Waals surface area contributed by atoms with Gasteiger partial charge in [-0.3, -0.25) is 9.59 Å². The van der Waals surface area contributed by atoms with Crippen molar-refractivity contribution in [3.05, 3.63) is 52.9 Å². The molecule has 2 aromatic heterocycles. The summed E-state index contributed by atoms with van der Waals surface area (Å²) < 4.78 is 22.4. The van der Waals surface area contributed by atoms with E-state index in [0.29, 0.717) is 43.0 Å². The molecule has 0 saturated carbocycles. The minimum absolute atomic E-state index is 0.0299. The van der Waals surface area contributed by atoms with E-state index < -0.39 is 6.10 Å². The Morgan fingerprint density at radius 1 is 1.15 bits per heavy atom. The predicted molar refractivity (Wildman–Crippen MR) is 97.7 cm³/mol. The molecule has 140 valence electrons. The maximum atomic E-state index is 13.0. The Morgan fingerprint density at radius 3 is 2.67 bits per heavy atom. The number of carbonyl (C=O) groups is 1. The lowest BCUT2D eigenvalue weighted by molar-refractivity contribution is -0.142. The summed E-state index contributed by atoms with van der Waals surface area (Å²) in [6.45, 7) is 3.62. The van der Waals surface area contributed by atoms with Crippen LogP contribution in [0.4, 0.5) is 0 Å². The monoisotopic (exact) mass is 369 g/mol. The zero-order chi connectivity index (χ0) is 18.8. The van der Waals surface area contributed by atoms with Crippen LogP contribution in [0.2, 0.25) is 0 Å². The van der Waals surface area contributed by atoms with Crippen LogP contribution in [-0.2, 0) is 9.53 Å². The number of rotatable bonds is 4. The van der Waals surface area contributed by atoms with Crippen LogP contribution in [0.25, 0.3) is 22.5 Å².